The number of hydrogen-bond acceptors (Lipinski definition) is 3. The van der Waals surface area contributed by atoms with Crippen LogP contribution in [0.4, 0.5) is 0 Å². The van der Waals surface area contributed by atoms with Gasteiger partial charge < -0.3 is 21.9 Å². The van der Waals surface area contributed by atoms with E-state index in [1.54, 1.807) is 0 Å². The molecule has 0 spiro atoms. The van der Waals surface area contributed by atoms with Crippen LogP contribution < -0.4 is 16.8 Å². The first kappa shape index (κ1) is 11.7. The summed E-state index contributed by atoms with van der Waals surface area (Å²) < 4.78 is 0. The zero-order valence-corrected chi connectivity index (χ0v) is 7.58. The Hall–Kier alpha value is -1.30. The van der Waals surface area contributed by atoms with Crippen LogP contribution in [-0.4, -0.2) is 29.6 Å². The highest BCUT2D eigenvalue weighted by atomic mass is 16.4. The molecule has 0 rings (SSSR count). The Kier molecular flexibility index (Phi) is 4.83. The molecule has 0 bridgehead atoms. The minimum absolute atomic E-state index is 0.0787. The maximum absolute atomic E-state index is 10.4. The Labute approximate surface area is 76.8 Å². The van der Waals surface area contributed by atoms with Crippen LogP contribution in [0.3, 0.4) is 0 Å². The number of carboxylic acid groups (broad SMARTS) is 1. The van der Waals surface area contributed by atoms with E-state index in [0.717, 1.165) is 0 Å². The molecule has 0 fully saturated rings. The van der Waals surface area contributed by atoms with Gasteiger partial charge in [0.2, 0.25) is 0 Å². The molecule has 0 radical (unpaired) electrons. The summed E-state index contributed by atoms with van der Waals surface area (Å²) in [6, 6.07) is -0.844. The van der Waals surface area contributed by atoms with Crippen molar-refractivity contribution in [3.63, 3.8) is 0 Å². The van der Waals surface area contributed by atoms with Crippen molar-refractivity contribution in [1.29, 1.82) is 5.41 Å². The molecule has 0 aliphatic carbocycles. The molecule has 6 nitrogen and oxygen atoms in total. The minimum Gasteiger partial charge on any atom is -0.480 e. The van der Waals surface area contributed by atoms with Gasteiger partial charge >= 0.3 is 5.97 Å². The molecular formula is C7H16N4O2. The molecule has 0 saturated carbocycles. The van der Waals surface area contributed by atoms with Crippen molar-refractivity contribution in [2.45, 2.75) is 19.4 Å². The van der Waals surface area contributed by atoms with Gasteiger partial charge in [-0.1, -0.05) is 6.92 Å². The van der Waals surface area contributed by atoms with E-state index in [4.69, 9.17) is 22.0 Å². The molecule has 6 heteroatoms. The fraction of sp³-hybridized carbons (Fsp3) is 0.714. The quantitative estimate of drug-likeness (QED) is 0.277. The molecule has 0 unspecified atom stereocenters. The lowest BCUT2D eigenvalue weighted by Gasteiger charge is -2.14. The third-order valence-electron chi connectivity index (χ3n) is 1.61. The maximum Gasteiger partial charge on any atom is 0.320 e. The molecule has 0 aliphatic rings. The van der Waals surface area contributed by atoms with E-state index < -0.39 is 12.0 Å². The number of hydrogen-bond donors (Lipinski definition) is 5. The normalized spacial score (nSPS) is 14.6. The molecule has 76 valence electrons. The summed E-state index contributed by atoms with van der Waals surface area (Å²) in [6.45, 7) is 2.31. The number of aliphatic carboxylic acids is 1. The van der Waals surface area contributed by atoms with Crippen LogP contribution in [0, 0.1) is 11.3 Å². The van der Waals surface area contributed by atoms with E-state index in [1.807, 2.05) is 6.92 Å². The average Bonchev–Trinajstić information content (AvgIpc) is 2.00. The number of carbonyl (C=O) groups is 1. The molecule has 0 heterocycles. The maximum atomic E-state index is 10.4. The summed E-state index contributed by atoms with van der Waals surface area (Å²) in [5.41, 5.74) is 10.4. The number of nitrogens with two attached hydrogens (primary N) is 2. The predicted octanol–water partition coefficient (Wildman–Crippen LogP) is -1.09. The molecule has 0 aromatic carbocycles. The van der Waals surface area contributed by atoms with Gasteiger partial charge in [0, 0.05) is 6.54 Å². The van der Waals surface area contributed by atoms with E-state index >= 15 is 0 Å². The molecule has 2 atom stereocenters. The Morgan fingerprint density at radius 2 is 2.23 bits per heavy atom. The van der Waals surface area contributed by atoms with Crippen LogP contribution >= 0.6 is 0 Å². The van der Waals surface area contributed by atoms with Crippen molar-refractivity contribution in [1.82, 2.24) is 5.32 Å². The van der Waals surface area contributed by atoms with Gasteiger partial charge in [-0.15, -0.1) is 0 Å². The van der Waals surface area contributed by atoms with Gasteiger partial charge in [0.25, 0.3) is 0 Å². The first-order valence-electron chi connectivity index (χ1n) is 3.99. The van der Waals surface area contributed by atoms with Gasteiger partial charge in [-0.2, -0.15) is 0 Å². The third-order valence-corrected chi connectivity index (χ3v) is 1.61. The summed E-state index contributed by atoms with van der Waals surface area (Å²) in [7, 11) is 0. The van der Waals surface area contributed by atoms with Gasteiger partial charge in [-0.25, -0.2) is 0 Å². The van der Waals surface area contributed by atoms with Crippen LogP contribution in [0.1, 0.15) is 13.3 Å². The first-order chi connectivity index (χ1) is 5.93. The smallest absolute Gasteiger partial charge is 0.320 e. The predicted molar refractivity (Wildman–Crippen MR) is 49.3 cm³/mol. The van der Waals surface area contributed by atoms with Gasteiger partial charge in [-0.05, 0) is 12.3 Å². The number of carboxylic acids is 1. The second-order valence-electron chi connectivity index (χ2n) is 3.08. The average molecular weight is 188 g/mol. The highest BCUT2D eigenvalue weighted by Crippen LogP contribution is 2.02. The van der Waals surface area contributed by atoms with Crippen LogP contribution in [0.25, 0.3) is 0 Å². The lowest BCUT2D eigenvalue weighted by Crippen LogP contribution is -2.37. The van der Waals surface area contributed by atoms with Crippen molar-refractivity contribution in [3.05, 3.63) is 0 Å². The number of nitrogens with one attached hydrogen (secondary N) is 2. The number of rotatable bonds is 5. The third kappa shape index (κ3) is 5.92. The van der Waals surface area contributed by atoms with E-state index in [1.165, 1.54) is 0 Å². The SMILES string of the molecule is C[C@H](CNC(=N)N)C[C@H](N)C(=O)O. The van der Waals surface area contributed by atoms with E-state index in [0.29, 0.717) is 13.0 Å². The van der Waals surface area contributed by atoms with Crippen molar-refractivity contribution < 1.29 is 9.90 Å². The second-order valence-corrected chi connectivity index (χ2v) is 3.08. The summed E-state index contributed by atoms with van der Waals surface area (Å²) >= 11 is 0. The zero-order chi connectivity index (χ0) is 10.4. The lowest BCUT2D eigenvalue weighted by atomic mass is 10.0. The van der Waals surface area contributed by atoms with Crippen LogP contribution in [-0.2, 0) is 4.79 Å². The highest BCUT2D eigenvalue weighted by molar-refractivity contribution is 5.74. The molecule has 0 aromatic rings. The molecule has 7 N–H and O–H groups in total. The fourth-order valence-corrected chi connectivity index (χ4v) is 0.902. The summed E-state index contributed by atoms with van der Waals surface area (Å²) in [5, 5.41) is 18.0. The van der Waals surface area contributed by atoms with Gasteiger partial charge in [0.1, 0.15) is 6.04 Å². The van der Waals surface area contributed by atoms with Gasteiger partial charge in [0.05, 0.1) is 0 Å². The molecular weight excluding hydrogens is 172 g/mol. The molecule has 0 saturated heterocycles. The van der Waals surface area contributed by atoms with Crippen LogP contribution in [0.2, 0.25) is 0 Å². The molecule has 0 amide bonds. The van der Waals surface area contributed by atoms with Crippen LogP contribution in [0.5, 0.6) is 0 Å². The standard InChI is InChI=1S/C7H16N4O2/c1-4(3-11-7(9)10)2-5(8)6(12)13/h4-5H,2-3,8H2,1H3,(H,12,13)(H4,9,10,11)/t4-,5-/m0/s1. The Morgan fingerprint density at radius 3 is 2.62 bits per heavy atom. The summed E-state index contributed by atoms with van der Waals surface area (Å²) in [6.07, 6.45) is 0.371. The summed E-state index contributed by atoms with van der Waals surface area (Å²) in [4.78, 5) is 10.4. The van der Waals surface area contributed by atoms with E-state index in [-0.39, 0.29) is 11.9 Å². The minimum atomic E-state index is -1.00. The topological polar surface area (TPSA) is 125 Å². The van der Waals surface area contributed by atoms with Gasteiger partial charge in [0.15, 0.2) is 5.96 Å². The Balaban J connectivity index is 3.67. The second kappa shape index (κ2) is 5.36. The lowest BCUT2D eigenvalue weighted by molar-refractivity contribution is -0.138. The van der Waals surface area contributed by atoms with Crippen molar-refractivity contribution in [2.24, 2.45) is 17.4 Å². The molecule has 13 heavy (non-hydrogen) atoms. The van der Waals surface area contributed by atoms with E-state index in [2.05, 4.69) is 5.32 Å². The van der Waals surface area contributed by atoms with E-state index in [9.17, 15) is 4.79 Å². The Morgan fingerprint density at radius 1 is 1.69 bits per heavy atom. The summed E-state index contributed by atoms with van der Waals surface area (Å²) in [5.74, 6) is -1.04. The van der Waals surface area contributed by atoms with Gasteiger partial charge in [-0.3, -0.25) is 10.2 Å². The fourth-order valence-electron chi connectivity index (χ4n) is 0.902. The molecule has 0 aliphatic heterocycles. The zero-order valence-electron chi connectivity index (χ0n) is 7.58. The first-order valence-corrected chi connectivity index (χ1v) is 3.99. The van der Waals surface area contributed by atoms with Crippen LogP contribution in [0.15, 0.2) is 0 Å². The monoisotopic (exact) mass is 188 g/mol. The van der Waals surface area contributed by atoms with Crippen molar-refractivity contribution in [3.8, 4) is 0 Å². The van der Waals surface area contributed by atoms with Crippen molar-refractivity contribution >= 4 is 11.9 Å². The molecule has 0 aromatic heterocycles. The largest absolute Gasteiger partial charge is 0.480 e. The highest BCUT2D eigenvalue weighted by Gasteiger charge is 2.15. The number of guanidine groups is 1. The van der Waals surface area contributed by atoms with Crippen molar-refractivity contribution in [2.75, 3.05) is 6.54 Å². The Bertz CT molecular complexity index is 195.